The Kier molecular flexibility index (Phi) is 4.00. The van der Waals surface area contributed by atoms with Gasteiger partial charge in [-0.25, -0.2) is 9.18 Å². The van der Waals surface area contributed by atoms with Crippen molar-refractivity contribution in [1.82, 2.24) is 0 Å². The molecule has 0 unspecified atom stereocenters. The second-order valence-electron chi connectivity index (χ2n) is 5.93. The number of aryl methyl sites for hydroxylation is 1. The van der Waals surface area contributed by atoms with Gasteiger partial charge >= 0.3 is 5.63 Å². The monoisotopic (exact) mass is 403 g/mol. The van der Waals surface area contributed by atoms with Crippen LogP contribution in [0.1, 0.15) is 18.1 Å². The molecular formula is C19H15BrFNO3. The van der Waals surface area contributed by atoms with Crippen LogP contribution in [0, 0.1) is 5.82 Å². The molecule has 4 rings (SSSR count). The summed E-state index contributed by atoms with van der Waals surface area (Å²) in [6.45, 7) is 2.63. The molecule has 0 amide bonds. The number of hydrogen-bond donors (Lipinski definition) is 0. The second kappa shape index (κ2) is 6.19. The van der Waals surface area contributed by atoms with Gasteiger partial charge in [0.05, 0.1) is 17.8 Å². The van der Waals surface area contributed by atoms with Gasteiger partial charge in [-0.1, -0.05) is 22.9 Å². The lowest BCUT2D eigenvalue weighted by Crippen LogP contribution is -2.32. The van der Waals surface area contributed by atoms with Gasteiger partial charge in [0.25, 0.3) is 0 Å². The maximum absolute atomic E-state index is 14.3. The first-order valence-corrected chi connectivity index (χ1v) is 8.77. The molecule has 0 aliphatic carbocycles. The summed E-state index contributed by atoms with van der Waals surface area (Å²) in [5.74, 6) is 0.329. The summed E-state index contributed by atoms with van der Waals surface area (Å²) in [4.78, 5) is 13.7. The first kappa shape index (κ1) is 16.1. The van der Waals surface area contributed by atoms with Crippen molar-refractivity contribution >= 4 is 32.6 Å². The summed E-state index contributed by atoms with van der Waals surface area (Å²) in [6.07, 6.45) is 0.729. The number of nitrogens with zero attached hydrogens (tertiary/aromatic N) is 1. The largest absolute Gasteiger partial charge is 0.473 e. The zero-order chi connectivity index (χ0) is 17.6. The number of halogens is 2. The minimum absolute atomic E-state index is 0.231. The maximum Gasteiger partial charge on any atom is 0.336 e. The quantitative estimate of drug-likeness (QED) is 0.585. The highest BCUT2D eigenvalue weighted by atomic mass is 79.9. The van der Waals surface area contributed by atoms with Crippen LogP contribution in [0.15, 0.2) is 50.1 Å². The minimum Gasteiger partial charge on any atom is -0.473 e. The SMILES string of the molecule is CCc1cc(=O)oc2c3c(ccc12)OCN(c1ccc(Br)cc1F)C3. The number of anilines is 1. The number of hydrogen-bond acceptors (Lipinski definition) is 4. The predicted molar refractivity (Wildman–Crippen MR) is 97.6 cm³/mol. The van der Waals surface area contributed by atoms with Crippen LogP contribution in [0.5, 0.6) is 5.75 Å². The molecule has 0 saturated carbocycles. The van der Waals surface area contributed by atoms with Gasteiger partial charge in [-0.15, -0.1) is 0 Å². The lowest BCUT2D eigenvalue weighted by molar-refractivity contribution is 0.287. The van der Waals surface area contributed by atoms with Crippen molar-refractivity contribution < 1.29 is 13.5 Å². The van der Waals surface area contributed by atoms with Gasteiger partial charge in [0.1, 0.15) is 17.1 Å². The maximum atomic E-state index is 14.3. The van der Waals surface area contributed by atoms with E-state index in [1.807, 2.05) is 19.1 Å². The highest BCUT2D eigenvalue weighted by molar-refractivity contribution is 9.10. The Hall–Kier alpha value is -2.34. The van der Waals surface area contributed by atoms with Crippen LogP contribution in [0.2, 0.25) is 0 Å². The fourth-order valence-corrected chi connectivity index (χ4v) is 3.52. The zero-order valence-electron chi connectivity index (χ0n) is 13.5. The van der Waals surface area contributed by atoms with Crippen molar-refractivity contribution in [2.24, 2.45) is 0 Å². The Balaban J connectivity index is 1.84. The summed E-state index contributed by atoms with van der Waals surface area (Å²) in [5.41, 5.74) is 2.27. The average molecular weight is 404 g/mol. The third kappa shape index (κ3) is 2.80. The van der Waals surface area contributed by atoms with Gasteiger partial charge in [0, 0.05) is 15.9 Å². The average Bonchev–Trinajstić information content (AvgIpc) is 2.60. The predicted octanol–water partition coefficient (Wildman–Crippen LogP) is 4.61. The van der Waals surface area contributed by atoms with Crippen molar-refractivity contribution in [3.05, 3.63) is 68.2 Å². The van der Waals surface area contributed by atoms with Gasteiger partial charge < -0.3 is 14.1 Å². The molecule has 0 radical (unpaired) electrons. The lowest BCUT2D eigenvalue weighted by Gasteiger charge is -2.31. The number of benzene rings is 2. The van der Waals surface area contributed by atoms with Crippen LogP contribution in [0.25, 0.3) is 11.0 Å². The summed E-state index contributed by atoms with van der Waals surface area (Å²) in [6, 6.07) is 10.2. The number of fused-ring (bicyclic) bond motifs is 3. The molecule has 6 heteroatoms. The van der Waals surface area contributed by atoms with Crippen molar-refractivity contribution in [3.63, 3.8) is 0 Å². The lowest BCUT2D eigenvalue weighted by atomic mass is 10.0. The van der Waals surface area contributed by atoms with E-state index in [9.17, 15) is 9.18 Å². The van der Waals surface area contributed by atoms with E-state index in [4.69, 9.17) is 9.15 Å². The Labute approximate surface area is 151 Å². The molecule has 1 aromatic heterocycles. The smallest absolute Gasteiger partial charge is 0.336 e. The highest BCUT2D eigenvalue weighted by Gasteiger charge is 2.24. The third-order valence-corrected chi connectivity index (χ3v) is 4.91. The van der Waals surface area contributed by atoms with Gasteiger partial charge in [-0.2, -0.15) is 0 Å². The number of ether oxygens (including phenoxy) is 1. The molecule has 0 fully saturated rings. The Morgan fingerprint density at radius 2 is 2.08 bits per heavy atom. The van der Waals surface area contributed by atoms with Crippen LogP contribution in [0.4, 0.5) is 10.1 Å². The van der Waals surface area contributed by atoms with Crippen LogP contribution < -0.4 is 15.3 Å². The topological polar surface area (TPSA) is 42.7 Å². The number of rotatable bonds is 2. The summed E-state index contributed by atoms with van der Waals surface area (Å²) in [5, 5.41) is 0.891. The Morgan fingerprint density at radius 3 is 2.84 bits per heavy atom. The van der Waals surface area contributed by atoms with E-state index in [1.165, 1.54) is 12.1 Å². The standard InChI is InChI=1S/C19H15BrFNO3/c1-2-11-7-18(23)25-19-13(11)4-6-17-14(19)9-22(10-24-17)16-5-3-12(20)8-15(16)21/h3-8H,2,9-10H2,1H3. The van der Waals surface area contributed by atoms with Crippen LogP contribution >= 0.6 is 15.9 Å². The molecule has 1 aliphatic heterocycles. The molecule has 0 saturated heterocycles. The van der Waals surface area contributed by atoms with Crippen molar-refractivity contribution in [3.8, 4) is 5.75 Å². The normalized spacial score (nSPS) is 13.6. The van der Waals surface area contributed by atoms with E-state index in [2.05, 4.69) is 15.9 Å². The molecule has 0 spiro atoms. The molecule has 3 aromatic rings. The van der Waals surface area contributed by atoms with Gasteiger partial charge in [0.15, 0.2) is 6.73 Å². The van der Waals surface area contributed by atoms with Crippen molar-refractivity contribution in [2.75, 3.05) is 11.6 Å². The fraction of sp³-hybridized carbons (Fsp3) is 0.211. The summed E-state index contributed by atoms with van der Waals surface area (Å²) < 4.78 is 26.2. The van der Waals surface area contributed by atoms with E-state index in [-0.39, 0.29) is 18.2 Å². The molecule has 25 heavy (non-hydrogen) atoms. The molecule has 2 aromatic carbocycles. The highest BCUT2D eigenvalue weighted by Crippen LogP contribution is 2.35. The van der Waals surface area contributed by atoms with Gasteiger partial charge in [0.2, 0.25) is 0 Å². The summed E-state index contributed by atoms with van der Waals surface area (Å²) in [7, 11) is 0. The molecule has 1 aliphatic rings. The third-order valence-electron chi connectivity index (χ3n) is 4.41. The van der Waals surface area contributed by atoms with Crippen molar-refractivity contribution in [1.29, 1.82) is 0 Å². The molecule has 2 heterocycles. The first-order valence-electron chi connectivity index (χ1n) is 7.98. The fourth-order valence-electron chi connectivity index (χ4n) is 3.18. The van der Waals surface area contributed by atoms with E-state index in [1.54, 1.807) is 17.0 Å². The first-order chi connectivity index (χ1) is 12.1. The van der Waals surface area contributed by atoms with E-state index >= 15 is 0 Å². The van der Waals surface area contributed by atoms with Gasteiger partial charge in [-0.05, 0) is 42.3 Å². The van der Waals surface area contributed by atoms with Crippen LogP contribution in [-0.4, -0.2) is 6.73 Å². The van der Waals surface area contributed by atoms with Gasteiger partial charge in [-0.3, -0.25) is 0 Å². The van der Waals surface area contributed by atoms with Crippen LogP contribution in [0.3, 0.4) is 0 Å². The molecular weight excluding hydrogens is 389 g/mol. The van der Waals surface area contributed by atoms with E-state index in [0.29, 0.717) is 28.0 Å². The summed E-state index contributed by atoms with van der Waals surface area (Å²) >= 11 is 3.26. The molecule has 0 bridgehead atoms. The molecule has 0 atom stereocenters. The second-order valence-corrected chi connectivity index (χ2v) is 6.85. The minimum atomic E-state index is -0.385. The van der Waals surface area contributed by atoms with Crippen molar-refractivity contribution in [2.45, 2.75) is 19.9 Å². The zero-order valence-corrected chi connectivity index (χ0v) is 15.1. The Bertz CT molecular complexity index is 1030. The molecule has 128 valence electrons. The van der Waals surface area contributed by atoms with E-state index < -0.39 is 0 Å². The molecule has 4 nitrogen and oxygen atoms in total. The van der Waals surface area contributed by atoms with E-state index in [0.717, 1.165) is 22.9 Å². The molecule has 0 N–H and O–H groups in total. The Morgan fingerprint density at radius 1 is 1.24 bits per heavy atom. The van der Waals surface area contributed by atoms with Crippen LogP contribution in [-0.2, 0) is 13.0 Å².